The van der Waals surface area contributed by atoms with Crippen molar-refractivity contribution in [2.75, 3.05) is 20.6 Å². The Morgan fingerprint density at radius 1 is 1.43 bits per heavy atom. The number of hydrogen-bond acceptors (Lipinski definition) is 1. The maximum absolute atomic E-state index is 11.6. The predicted molar refractivity (Wildman–Crippen MR) is 63.0 cm³/mol. The van der Waals surface area contributed by atoms with Gasteiger partial charge < -0.3 is 4.90 Å². The van der Waals surface area contributed by atoms with Gasteiger partial charge in [-0.1, -0.05) is 38.7 Å². The van der Waals surface area contributed by atoms with E-state index in [-0.39, 0.29) is 0 Å². The molecule has 0 aliphatic carbocycles. The Morgan fingerprint density at radius 2 is 2.00 bits per heavy atom. The van der Waals surface area contributed by atoms with Gasteiger partial charge in [0.05, 0.1) is 0 Å². The van der Waals surface area contributed by atoms with Crippen LogP contribution < -0.4 is 0 Å². The van der Waals surface area contributed by atoms with E-state index in [1.165, 1.54) is 37.6 Å². The summed E-state index contributed by atoms with van der Waals surface area (Å²) in [6.07, 6.45) is 6.85. The topological polar surface area (TPSA) is 3.24 Å². The lowest BCUT2D eigenvalue weighted by Crippen LogP contribution is -2.12. The molecule has 0 amide bonds. The van der Waals surface area contributed by atoms with Crippen LogP contribution in [-0.2, 0) is 0 Å². The maximum Gasteiger partial charge on any atom is 0.116 e. The van der Waals surface area contributed by atoms with Crippen molar-refractivity contribution in [2.45, 2.75) is 19.8 Å². The summed E-state index contributed by atoms with van der Waals surface area (Å²) in [6, 6.07) is 0. The first-order valence-electron chi connectivity index (χ1n) is 4.82. The summed E-state index contributed by atoms with van der Waals surface area (Å²) in [5.74, 6) is -0.445. The minimum absolute atomic E-state index is 0.445. The number of unbranched alkanes of at least 4 members (excludes halogenated alkanes) is 1. The summed E-state index contributed by atoms with van der Waals surface area (Å²) in [6.45, 7) is 9.77. The molecule has 0 atom stereocenters. The largest absolute Gasteiger partial charge is 0.309 e. The fourth-order valence-electron chi connectivity index (χ4n) is 0.647. The second-order valence-electron chi connectivity index (χ2n) is 3.20. The first-order valence-corrected chi connectivity index (χ1v) is 4.82. The smallest absolute Gasteiger partial charge is 0.116 e. The van der Waals surface area contributed by atoms with Crippen LogP contribution in [0.25, 0.3) is 0 Å². The van der Waals surface area contributed by atoms with Crippen LogP contribution in [0.2, 0.25) is 0 Å². The molecule has 0 aliphatic heterocycles. The van der Waals surface area contributed by atoms with E-state index in [2.05, 4.69) is 39.1 Å². The molecular formula is C12H22FN. The predicted octanol–water partition coefficient (Wildman–Crippen LogP) is 3.56. The molecule has 0 saturated carbocycles. The van der Waals surface area contributed by atoms with E-state index < -0.39 is 5.83 Å². The number of nitrogens with zero attached hydrogens (tertiary/aromatic N) is 1. The SMILES string of the molecule is C=C/C=C\C(=C)F.CCCCN(C)C. The Morgan fingerprint density at radius 3 is 2.14 bits per heavy atom. The normalized spacial score (nSPS) is 9.79. The molecule has 0 aromatic rings. The molecule has 0 radical (unpaired) electrons. The van der Waals surface area contributed by atoms with Crippen molar-refractivity contribution in [1.29, 1.82) is 0 Å². The summed E-state index contributed by atoms with van der Waals surface area (Å²) in [5, 5.41) is 0. The molecular weight excluding hydrogens is 177 g/mol. The summed E-state index contributed by atoms with van der Waals surface area (Å²) in [7, 11) is 4.21. The fourth-order valence-corrected chi connectivity index (χ4v) is 0.647. The van der Waals surface area contributed by atoms with Crippen LogP contribution >= 0.6 is 0 Å². The van der Waals surface area contributed by atoms with E-state index in [1.807, 2.05) is 0 Å². The third-order valence-corrected chi connectivity index (χ3v) is 1.37. The Kier molecular flexibility index (Phi) is 13.5. The third-order valence-electron chi connectivity index (χ3n) is 1.37. The highest BCUT2D eigenvalue weighted by Crippen LogP contribution is 1.90. The Bertz CT molecular complexity index is 171. The van der Waals surface area contributed by atoms with Crippen molar-refractivity contribution < 1.29 is 4.39 Å². The number of hydrogen-bond donors (Lipinski definition) is 0. The van der Waals surface area contributed by atoms with Crippen LogP contribution in [-0.4, -0.2) is 25.5 Å². The molecule has 0 aromatic carbocycles. The van der Waals surface area contributed by atoms with Crippen LogP contribution in [0.3, 0.4) is 0 Å². The highest BCUT2D eigenvalue weighted by Gasteiger charge is 1.83. The van der Waals surface area contributed by atoms with E-state index in [0.29, 0.717) is 0 Å². The van der Waals surface area contributed by atoms with Gasteiger partial charge in [0.25, 0.3) is 0 Å². The van der Waals surface area contributed by atoms with Crippen molar-refractivity contribution in [2.24, 2.45) is 0 Å². The van der Waals surface area contributed by atoms with Gasteiger partial charge >= 0.3 is 0 Å². The molecule has 0 unspecified atom stereocenters. The van der Waals surface area contributed by atoms with Crippen molar-refractivity contribution in [1.82, 2.24) is 4.90 Å². The molecule has 0 fully saturated rings. The summed E-state index contributed by atoms with van der Waals surface area (Å²) >= 11 is 0. The zero-order chi connectivity index (χ0) is 11.4. The average molecular weight is 199 g/mol. The minimum atomic E-state index is -0.445. The van der Waals surface area contributed by atoms with Crippen molar-refractivity contribution in [3.63, 3.8) is 0 Å². The quantitative estimate of drug-likeness (QED) is 0.612. The van der Waals surface area contributed by atoms with Crippen LogP contribution in [0.15, 0.2) is 37.2 Å². The zero-order valence-corrected chi connectivity index (χ0v) is 9.59. The minimum Gasteiger partial charge on any atom is -0.309 e. The molecule has 0 bridgehead atoms. The second-order valence-corrected chi connectivity index (χ2v) is 3.20. The van der Waals surface area contributed by atoms with Crippen molar-refractivity contribution in [3.8, 4) is 0 Å². The molecule has 0 N–H and O–H groups in total. The lowest BCUT2D eigenvalue weighted by Gasteiger charge is -2.05. The van der Waals surface area contributed by atoms with Crippen LogP contribution in [0.5, 0.6) is 0 Å². The third kappa shape index (κ3) is 22.5. The van der Waals surface area contributed by atoms with Crippen LogP contribution in [0.4, 0.5) is 4.39 Å². The Hall–Kier alpha value is -0.890. The van der Waals surface area contributed by atoms with Gasteiger partial charge in [-0.25, -0.2) is 4.39 Å². The summed E-state index contributed by atoms with van der Waals surface area (Å²) < 4.78 is 11.6. The number of allylic oxidation sites excluding steroid dienone is 4. The summed E-state index contributed by atoms with van der Waals surface area (Å²) in [5.41, 5.74) is 0. The average Bonchev–Trinajstić information content (AvgIpc) is 2.12. The number of rotatable bonds is 5. The molecule has 0 heterocycles. The monoisotopic (exact) mass is 199 g/mol. The number of halogens is 1. The van der Waals surface area contributed by atoms with Gasteiger partial charge in [0.2, 0.25) is 0 Å². The highest BCUT2D eigenvalue weighted by molar-refractivity contribution is 5.11. The van der Waals surface area contributed by atoms with E-state index >= 15 is 0 Å². The van der Waals surface area contributed by atoms with Gasteiger partial charge in [-0.2, -0.15) is 0 Å². The van der Waals surface area contributed by atoms with Gasteiger partial charge in [-0.15, -0.1) is 0 Å². The first kappa shape index (κ1) is 15.6. The summed E-state index contributed by atoms with van der Waals surface area (Å²) in [4.78, 5) is 2.21. The van der Waals surface area contributed by atoms with Crippen molar-refractivity contribution >= 4 is 0 Å². The van der Waals surface area contributed by atoms with Gasteiger partial charge in [0, 0.05) is 0 Å². The highest BCUT2D eigenvalue weighted by atomic mass is 19.1. The van der Waals surface area contributed by atoms with Gasteiger partial charge in [0.15, 0.2) is 0 Å². The van der Waals surface area contributed by atoms with Gasteiger partial charge in [0.1, 0.15) is 5.83 Å². The molecule has 0 saturated heterocycles. The Labute approximate surface area is 87.6 Å². The molecule has 2 heteroatoms. The molecule has 0 aromatic heterocycles. The van der Waals surface area contributed by atoms with Crippen LogP contribution in [0.1, 0.15) is 19.8 Å². The van der Waals surface area contributed by atoms with Gasteiger partial charge in [-0.3, -0.25) is 0 Å². The van der Waals surface area contributed by atoms with Crippen molar-refractivity contribution in [3.05, 3.63) is 37.2 Å². The van der Waals surface area contributed by atoms with Gasteiger partial charge in [-0.05, 0) is 33.1 Å². The van der Waals surface area contributed by atoms with E-state index in [4.69, 9.17) is 0 Å². The first-order chi connectivity index (χ1) is 6.54. The maximum atomic E-state index is 11.6. The van der Waals surface area contributed by atoms with Crippen LogP contribution in [0, 0.1) is 0 Å². The van der Waals surface area contributed by atoms with E-state index in [9.17, 15) is 4.39 Å². The molecule has 1 nitrogen and oxygen atoms in total. The molecule has 0 spiro atoms. The molecule has 0 rings (SSSR count). The second kappa shape index (κ2) is 12.1. The van der Waals surface area contributed by atoms with E-state index in [0.717, 1.165) is 0 Å². The standard InChI is InChI=1S/C6H7F.C6H15N/c1-3-4-5-6(2)7;1-4-5-6-7(2)3/h3-5H,1-2H2;4-6H2,1-3H3/b5-4-;. The molecule has 14 heavy (non-hydrogen) atoms. The zero-order valence-electron chi connectivity index (χ0n) is 9.59. The lowest BCUT2D eigenvalue weighted by molar-refractivity contribution is 0.398. The molecule has 0 aliphatic rings. The molecule has 82 valence electrons. The fraction of sp³-hybridized carbons (Fsp3) is 0.500. The van der Waals surface area contributed by atoms with E-state index in [1.54, 1.807) is 0 Å². The lowest BCUT2D eigenvalue weighted by atomic mass is 10.3. The Balaban J connectivity index is 0.